The van der Waals surface area contributed by atoms with Crippen LogP contribution in [0.3, 0.4) is 0 Å². The van der Waals surface area contributed by atoms with Crippen LogP contribution >= 0.6 is 0 Å². The van der Waals surface area contributed by atoms with Gasteiger partial charge in [0.2, 0.25) is 0 Å². The summed E-state index contributed by atoms with van der Waals surface area (Å²) >= 11 is 0. The molecule has 2 unspecified atom stereocenters. The molecular weight excluding hydrogens is 400 g/mol. The number of carbonyl (C=O) groups is 2. The minimum atomic E-state index is -1.44. The number of benzene rings is 1. The van der Waals surface area contributed by atoms with Crippen molar-refractivity contribution in [3.63, 3.8) is 0 Å². The maximum atomic E-state index is 12.3. The number of nitrogens with two attached hydrogens (primary N) is 1. The minimum absolute atomic E-state index is 0.107. The molecule has 0 spiro atoms. The van der Waals surface area contributed by atoms with Gasteiger partial charge in [-0.05, 0) is 22.6 Å². The summed E-state index contributed by atoms with van der Waals surface area (Å²) in [6, 6.07) is 5.47. The second-order valence-electron chi connectivity index (χ2n) is 8.27. The van der Waals surface area contributed by atoms with Gasteiger partial charge in [0.15, 0.2) is 0 Å². The average Bonchev–Trinajstić information content (AvgIpc) is 3.03. The molecule has 31 heavy (non-hydrogen) atoms. The summed E-state index contributed by atoms with van der Waals surface area (Å²) in [6.45, 7) is 3.94. The Hall–Kier alpha value is -3.62. The van der Waals surface area contributed by atoms with E-state index in [0.717, 1.165) is 16.8 Å². The van der Waals surface area contributed by atoms with Crippen molar-refractivity contribution in [1.82, 2.24) is 10.2 Å². The van der Waals surface area contributed by atoms with E-state index in [2.05, 4.69) is 10.2 Å². The lowest BCUT2D eigenvalue weighted by Crippen LogP contribution is -2.44. The summed E-state index contributed by atoms with van der Waals surface area (Å²) in [5.41, 5.74) is 7.69. The SMILES string of the molecule is CC(C)c1[nH][nH]c(=O)c1Cc1ccc2c(c1)C(CC(=O)O)C(CC(=O)O)(C(=N)N)C=C2. The monoisotopic (exact) mass is 426 g/mol. The van der Waals surface area contributed by atoms with E-state index in [-0.39, 0.29) is 17.9 Å². The highest BCUT2D eigenvalue weighted by molar-refractivity contribution is 5.93. The molecule has 9 nitrogen and oxygen atoms in total. The van der Waals surface area contributed by atoms with Gasteiger partial charge in [-0.15, -0.1) is 0 Å². The number of carboxylic acid groups (broad SMARTS) is 2. The van der Waals surface area contributed by atoms with Gasteiger partial charge in [0.25, 0.3) is 5.56 Å². The molecule has 0 saturated heterocycles. The molecule has 2 aromatic rings. The standard InChI is InChI=1S/C22H26N4O5/c1-11(2)19-15(20(31)26-25-19)8-12-3-4-13-5-6-22(21(23)24,10-18(29)30)16(9-17(27)28)14(13)7-12/h3-7,11,16H,8-10H2,1-2H3,(H3,23,24)(H,27,28)(H,29,30)(H2,25,26,31). The van der Waals surface area contributed by atoms with Crippen LogP contribution in [-0.4, -0.2) is 38.2 Å². The van der Waals surface area contributed by atoms with Crippen LogP contribution < -0.4 is 11.3 Å². The molecule has 1 aliphatic carbocycles. The van der Waals surface area contributed by atoms with Crippen LogP contribution in [0.2, 0.25) is 0 Å². The van der Waals surface area contributed by atoms with E-state index in [9.17, 15) is 24.6 Å². The molecule has 0 fully saturated rings. The molecule has 1 aliphatic rings. The number of rotatable bonds is 8. The zero-order valence-corrected chi connectivity index (χ0v) is 17.4. The molecule has 9 heteroatoms. The van der Waals surface area contributed by atoms with Crippen LogP contribution in [0, 0.1) is 10.8 Å². The maximum absolute atomic E-state index is 12.3. The van der Waals surface area contributed by atoms with Crippen LogP contribution in [0.5, 0.6) is 0 Å². The lowest BCUT2D eigenvalue weighted by Gasteiger charge is -2.39. The molecule has 0 saturated carbocycles. The first-order valence-corrected chi connectivity index (χ1v) is 9.94. The lowest BCUT2D eigenvalue weighted by molar-refractivity contribution is -0.141. The number of aromatic nitrogens is 2. The second kappa shape index (κ2) is 8.25. The van der Waals surface area contributed by atoms with Crippen molar-refractivity contribution in [2.45, 2.75) is 44.9 Å². The smallest absolute Gasteiger partial charge is 0.304 e. The molecule has 0 bridgehead atoms. The van der Waals surface area contributed by atoms with Crippen LogP contribution in [-0.2, 0) is 16.0 Å². The van der Waals surface area contributed by atoms with Crippen LogP contribution in [0.25, 0.3) is 6.08 Å². The van der Waals surface area contributed by atoms with Gasteiger partial charge in [0.1, 0.15) is 5.84 Å². The van der Waals surface area contributed by atoms with Crippen molar-refractivity contribution in [1.29, 1.82) is 5.41 Å². The second-order valence-corrected chi connectivity index (χ2v) is 8.27. The quantitative estimate of drug-likeness (QED) is 0.279. The lowest BCUT2D eigenvalue weighted by atomic mass is 9.63. The molecule has 1 aromatic heterocycles. The summed E-state index contributed by atoms with van der Waals surface area (Å²) in [7, 11) is 0. The summed E-state index contributed by atoms with van der Waals surface area (Å²) in [5.74, 6) is -3.40. The number of H-pyrrole nitrogens is 2. The van der Waals surface area contributed by atoms with Crippen molar-refractivity contribution in [2.75, 3.05) is 0 Å². The first-order valence-electron chi connectivity index (χ1n) is 9.94. The predicted molar refractivity (Wildman–Crippen MR) is 115 cm³/mol. The van der Waals surface area contributed by atoms with Gasteiger partial charge >= 0.3 is 11.9 Å². The Balaban J connectivity index is 2.11. The predicted octanol–water partition coefficient (Wildman–Crippen LogP) is 2.40. The van der Waals surface area contributed by atoms with Crippen molar-refractivity contribution in [2.24, 2.45) is 11.1 Å². The molecule has 1 aromatic carbocycles. The Kier molecular flexibility index (Phi) is 5.88. The molecule has 1 heterocycles. The zero-order valence-electron chi connectivity index (χ0n) is 17.4. The van der Waals surface area contributed by atoms with Gasteiger partial charge in [-0.1, -0.05) is 44.2 Å². The maximum Gasteiger partial charge on any atom is 0.304 e. The van der Waals surface area contributed by atoms with Crippen molar-refractivity contribution >= 4 is 23.9 Å². The van der Waals surface area contributed by atoms with Crippen molar-refractivity contribution < 1.29 is 19.8 Å². The molecular formula is C22H26N4O5. The van der Waals surface area contributed by atoms with Gasteiger partial charge in [-0.3, -0.25) is 24.9 Å². The first kappa shape index (κ1) is 22.1. The normalized spacial score (nSPS) is 19.9. The molecule has 0 amide bonds. The molecule has 164 valence electrons. The number of amidine groups is 1. The van der Waals surface area contributed by atoms with E-state index in [0.29, 0.717) is 17.5 Å². The Bertz CT molecular complexity index is 1130. The fourth-order valence-electron chi connectivity index (χ4n) is 4.36. The third-order valence-electron chi connectivity index (χ3n) is 5.90. The van der Waals surface area contributed by atoms with E-state index < -0.39 is 35.5 Å². The number of fused-ring (bicyclic) bond motifs is 1. The van der Waals surface area contributed by atoms with Gasteiger partial charge in [-0.25, -0.2) is 0 Å². The summed E-state index contributed by atoms with van der Waals surface area (Å²) in [5, 5.41) is 32.6. The zero-order chi connectivity index (χ0) is 22.9. The van der Waals surface area contributed by atoms with Gasteiger partial charge in [0, 0.05) is 23.6 Å². The van der Waals surface area contributed by atoms with E-state index in [1.165, 1.54) is 6.08 Å². The molecule has 2 atom stereocenters. The Morgan fingerprint density at radius 2 is 1.94 bits per heavy atom. The van der Waals surface area contributed by atoms with E-state index in [1.54, 1.807) is 12.1 Å². The highest BCUT2D eigenvalue weighted by atomic mass is 16.4. The fourth-order valence-corrected chi connectivity index (χ4v) is 4.36. The van der Waals surface area contributed by atoms with E-state index >= 15 is 0 Å². The third kappa shape index (κ3) is 4.16. The molecule has 0 radical (unpaired) electrons. The number of carboxylic acids is 2. The van der Waals surface area contributed by atoms with Crippen LogP contribution in [0.15, 0.2) is 29.1 Å². The number of aliphatic carboxylic acids is 2. The van der Waals surface area contributed by atoms with E-state index in [4.69, 9.17) is 11.1 Å². The number of aromatic amines is 2. The number of hydrogen-bond acceptors (Lipinski definition) is 4. The van der Waals surface area contributed by atoms with Crippen molar-refractivity contribution in [3.05, 3.63) is 62.6 Å². The highest BCUT2D eigenvalue weighted by Gasteiger charge is 2.46. The molecule has 3 rings (SSSR count). The van der Waals surface area contributed by atoms with Crippen molar-refractivity contribution in [3.8, 4) is 0 Å². The Labute approximate surface area is 178 Å². The summed E-state index contributed by atoms with van der Waals surface area (Å²) in [4.78, 5) is 35.5. The summed E-state index contributed by atoms with van der Waals surface area (Å²) in [6.07, 6.45) is 2.68. The Morgan fingerprint density at radius 1 is 1.23 bits per heavy atom. The highest BCUT2D eigenvalue weighted by Crippen LogP contribution is 2.48. The van der Waals surface area contributed by atoms with Crippen LogP contribution in [0.1, 0.15) is 66.5 Å². The topological polar surface area (TPSA) is 173 Å². The summed E-state index contributed by atoms with van der Waals surface area (Å²) < 4.78 is 0. The van der Waals surface area contributed by atoms with Gasteiger partial charge < -0.3 is 21.0 Å². The average molecular weight is 426 g/mol. The molecule has 7 N–H and O–H groups in total. The minimum Gasteiger partial charge on any atom is -0.481 e. The third-order valence-corrected chi connectivity index (χ3v) is 5.90. The Morgan fingerprint density at radius 3 is 2.52 bits per heavy atom. The fraction of sp³-hybridized carbons (Fsp3) is 0.364. The van der Waals surface area contributed by atoms with E-state index in [1.807, 2.05) is 26.0 Å². The van der Waals surface area contributed by atoms with Crippen LogP contribution in [0.4, 0.5) is 0 Å². The molecule has 0 aliphatic heterocycles. The van der Waals surface area contributed by atoms with Gasteiger partial charge in [-0.2, -0.15) is 0 Å². The first-order chi connectivity index (χ1) is 14.5. The number of hydrogen-bond donors (Lipinski definition) is 6. The number of nitrogens with one attached hydrogen (secondary N) is 3. The van der Waals surface area contributed by atoms with Gasteiger partial charge in [0.05, 0.1) is 18.3 Å². The largest absolute Gasteiger partial charge is 0.481 e.